The van der Waals surface area contributed by atoms with Crippen molar-refractivity contribution in [1.82, 2.24) is 19.9 Å². The highest BCUT2D eigenvalue weighted by Gasteiger charge is 2.36. The zero-order chi connectivity index (χ0) is 18.0. The maximum absolute atomic E-state index is 12.4. The smallest absolute Gasteiger partial charge is 0.246 e. The number of hydrogen-bond acceptors (Lipinski definition) is 5. The van der Waals surface area contributed by atoms with Crippen molar-refractivity contribution in [2.24, 2.45) is 0 Å². The third-order valence-electron chi connectivity index (χ3n) is 4.44. The van der Waals surface area contributed by atoms with Crippen molar-refractivity contribution in [2.75, 3.05) is 13.1 Å². The average molecular weight is 342 g/mol. The third kappa shape index (κ3) is 3.40. The van der Waals surface area contributed by atoms with Gasteiger partial charge in [-0.05, 0) is 25.8 Å². The molecule has 1 fully saturated rings. The standard InChI is InChI=1S/C18H22N4O3/c1-4-9-21-11-16(23)22(13(3)18(21)24)10-15-19-17(20-25-15)14-8-6-5-7-12(14)2/h5-8,13H,4,9-11H2,1-3H3/t13-/m1/s1. The molecule has 132 valence electrons. The first kappa shape index (κ1) is 17.1. The van der Waals surface area contributed by atoms with E-state index in [0.29, 0.717) is 18.3 Å². The maximum atomic E-state index is 12.4. The normalized spacial score (nSPS) is 18.1. The number of nitrogens with zero attached hydrogens (tertiary/aromatic N) is 4. The van der Waals surface area contributed by atoms with E-state index < -0.39 is 6.04 Å². The number of carbonyl (C=O) groups is 2. The van der Waals surface area contributed by atoms with Crippen LogP contribution in [0.4, 0.5) is 0 Å². The second-order valence-electron chi connectivity index (χ2n) is 6.28. The van der Waals surface area contributed by atoms with Gasteiger partial charge in [-0.2, -0.15) is 4.98 Å². The Morgan fingerprint density at radius 1 is 1.28 bits per heavy atom. The lowest BCUT2D eigenvalue weighted by Gasteiger charge is -2.37. The molecule has 7 nitrogen and oxygen atoms in total. The first-order valence-electron chi connectivity index (χ1n) is 8.48. The fraction of sp³-hybridized carbons (Fsp3) is 0.444. The van der Waals surface area contributed by atoms with Gasteiger partial charge in [-0.1, -0.05) is 36.3 Å². The number of hydrogen-bond donors (Lipinski definition) is 0. The summed E-state index contributed by atoms with van der Waals surface area (Å²) in [5, 5.41) is 4.01. The summed E-state index contributed by atoms with van der Waals surface area (Å²) >= 11 is 0. The van der Waals surface area contributed by atoms with Crippen LogP contribution in [0, 0.1) is 6.92 Å². The van der Waals surface area contributed by atoms with Crippen LogP contribution in [0.2, 0.25) is 0 Å². The molecule has 1 aromatic carbocycles. The van der Waals surface area contributed by atoms with E-state index in [1.807, 2.05) is 38.1 Å². The number of aromatic nitrogens is 2. The Bertz CT molecular complexity index is 786. The zero-order valence-electron chi connectivity index (χ0n) is 14.7. The van der Waals surface area contributed by atoms with Crippen LogP contribution in [0.15, 0.2) is 28.8 Å². The molecule has 3 rings (SSSR count). The number of rotatable bonds is 5. The van der Waals surface area contributed by atoms with Crippen molar-refractivity contribution in [3.05, 3.63) is 35.7 Å². The second kappa shape index (κ2) is 7.04. The highest BCUT2D eigenvalue weighted by atomic mass is 16.5. The summed E-state index contributed by atoms with van der Waals surface area (Å²) in [6.45, 7) is 6.55. The molecule has 1 aromatic heterocycles. The first-order chi connectivity index (χ1) is 12.0. The molecule has 0 radical (unpaired) electrons. The molecule has 25 heavy (non-hydrogen) atoms. The van der Waals surface area contributed by atoms with Crippen LogP contribution in [-0.4, -0.2) is 50.9 Å². The van der Waals surface area contributed by atoms with Gasteiger partial charge in [0.25, 0.3) is 0 Å². The Balaban J connectivity index is 1.76. The number of benzene rings is 1. The lowest BCUT2D eigenvalue weighted by atomic mass is 10.1. The van der Waals surface area contributed by atoms with Crippen LogP contribution < -0.4 is 0 Å². The summed E-state index contributed by atoms with van der Waals surface area (Å²) in [5.74, 6) is 0.677. The molecule has 0 bridgehead atoms. The van der Waals surface area contributed by atoms with E-state index in [1.165, 1.54) is 4.90 Å². The fourth-order valence-electron chi connectivity index (χ4n) is 3.03. The van der Waals surface area contributed by atoms with E-state index in [0.717, 1.165) is 17.5 Å². The molecule has 0 saturated carbocycles. The monoisotopic (exact) mass is 342 g/mol. The Kier molecular flexibility index (Phi) is 4.83. The lowest BCUT2D eigenvalue weighted by Crippen LogP contribution is -2.58. The van der Waals surface area contributed by atoms with Gasteiger partial charge in [0.05, 0.1) is 6.54 Å². The minimum atomic E-state index is -0.526. The molecule has 1 saturated heterocycles. The average Bonchev–Trinajstić information content (AvgIpc) is 3.05. The molecule has 1 atom stereocenters. The van der Waals surface area contributed by atoms with E-state index in [2.05, 4.69) is 10.1 Å². The van der Waals surface area contributed by atoms with Gasteiger partial charge in [-0.15, -0.1) is 0 Å². The van der Waals surface area contributed by atoms with E-state index in [1.54, 1.807) is 11.8 Å². The van der Waals surface area contributed by atoms with Gasteiger partial charge >= 0.3 is 0 Å². The summed E-state index contributed by atoms with van der Waals surface area (Å²) in [4.78, 5) is 32.3. The van der Waals surface area contributed by atoms with E-state index in [9.17, 15) is 9.59 Å². The number of piperazine rings is 1. The van der Waals surface area contributed by atoms with E-state index in [-0.39, 0.29) is 24.9 Å². The van der Waals surface area contributed by atoms with Crippen LogP contribution in [0.1, 0.15) is 31.7 Å². The Morgan fingerprint density at radius 3 is 2.76 bits per heavy atom. The van der Waals surface area contributed by atoms with Gasteiger partial charge in [-0.25, -0.2) is 0 Å². The van der Waals surface area contributed by atoms with Crippen LogP contribution in [0.3, 0.4) is 0 Å². The largest absolute Gasteiger partial charge is 0.337 e. The van der Waals surface area contributed by atoms with Gasteiger partial charge in [0.15, 0.2) is 0 Å². The minimum absolute atomic E-state index is 0.0416. The van der Waals surface area contributed by atoms with Crippen LogP contribution >= 0.6 is 0 Å². The van der Waals surface area contributed by atoms with E-state index in [4.69, 9.17) is 4.52 Å². The molecule has 7 heteroatoms. The van der Waals surface area contributed by atoms with E-state index >= 15 is 0 Å². The predicted octanol–water partition coefficient (Wildman–Crippen LogP) is 2.01. The first-order valence-corrected chi connectivity index (χ1v) is 8.48. The second-order valence-corrected chi connectivity index (χ2v) is 6.28. The van der Waals surface area contributed by atoms with Gasteiger partial charge in [-0.3, -0.25) is 9.59 Å². The Morgan fingerprint density at radius 2 is 2.04 bits per heavy atom. The summed E-state index contributed by atoms with van der Waals surface area (Å²) < 4.78 is 5.30. The molecule has 2 heterocycles. The summed E-state index contributed by atoms with van der Waals surface area (Å²) in [7, 11) is 0. The third-order valence-corrected chi connectivity index (χ3v) is 4.44. The zero-order valence-corrected chi connectivity index (χ0v) is 14.7. The summed E-state index contributed by atoms with van der Waals surface area (Å²) in [6.07, 6.45) is 0.829. The van der Waals surface area contributed by atoms with Crippen molar-refractivity contribution >= 4 is 11.8 Å². The number of amides is 2. The van der Waals surface area contributed by atoms with Crippen molar-refractivity contribution in [3.8, 4) is 11.4 Å². The highest BCUT2D eigenvalue weighted by molar-refractivity contribution is 5.94. The molecule has 0 N–H and O–H groups in total. The topological polar surface area (TPSA) is 79.5 Å². The number of aryl methyl sites for hydroxylation is 1. The van der Waals surface area contributed by atoms with Crippen molar-refractivity contribution in [2.45, 2.75) is 39.8 Å². The maximum Gasteiger partial charge on any atom is 0.246 e. The van der Waals surface area contributed by atoms with Crippen LogP contribution in [0.25, 0.3) is 11.4 Å². The lowest BCUT2D eigenvalue weighted by molar-refractivity contribution is -0.156. The molecule has 0 spiro atoms. The molecule has 2 amide bonds. The van der Waals surface area contributed by atoms with Crippen molar-refractivity contribution in [1.29, 1.82) is 0 Å². The van der Waals surface area contributed by atoms with Crippen LogP contribution in [-0.2, 0) is 16.1 Å². The van der Waals surface area contributed by atoms with Gasteiger partial charge < -0.3 is 14.3 Å². The van der Waals surface area contributed by atoms with Gasteiger partial charge in [0, 0.05) is 12.1 Å². The summed E-state index contributed by atoms with van der Waals surface area (Å²) in [5.41, 5.74) is 1.93. The highest BCUT2D eigenvalue weighted by Crippen LogP contribution is 2.21. The fourth-order valence-corrected chi connectivity index (χ4v) is 3.03. The van der Waals surface area contributed by atoms with Crippen LogP contribution in [0.5, 0.6) is 0 Å². The quantitative estimate of drug-likeness (QED) is 0.830. The van der Waals surface area contributed by atoms with Crippen molar-refractivity contribution < 1.29 is 14.1 Å². The summed E-state index contributed by atoms with van der Waals surface area (Å²) in [6, 6.07) is 7.23. The number of carbonyl (C=O) groups excluding carboxylic acids is 2. The Labute approximate surface area is 146 Å². The predicted molar refractivity (Wildman–Crippen MR) is 91.4 cm³/mol. The van der Waals surface area contributed by atoms with Gasteiger partial charge in [0.1, 0.15) is 12.6 Å². The Hall–Kier alpha value is -2.70. The molecule has 1 aliphatic heterocycles. The SMILES string of the molecule is CCCN1CC(=O)N(Cc2nc(-c3ccccc3C)no2)[C@H](C)C1=O. The molecule has 0 aliphatic carbocycles. The minimum Gasteiger partial charge on any atom is -0.337 e. The molecule has 2 aromatic rings. The molecule has 0 unspecified atom stereocenters. The molecular weight excluding hydrogens is 320 g/mol. The van der Waals surface area contributed by atoms with Crippen molar-refractivity contribution in [3.63, 3.8) is 0 Å². The van der Waals surface area contributed by atoms with Gasteiger partial charge in [0.2, 0.25) is 23.5 Å². The molecular formula is C18H22N4O3. The molecule has 1 aliphatic rings.